The Kier molecular flexibility index (Phi) is 1.96. The largest absolute Gasteiger partial charge is 0.393 e. The monoisotopic (exact) mass is 193 g/mol. The third-order valence-electron chi connectivity index (χ3n) is 4.68. The molecule has 0 amide bonds. The van der Waals surface area contributed by atoms with Crippen LogP contribution in [-0.4, -0.2) is 11.2 Å². The van der Waals surface area contributed by atoms with Crippen molar-refractivity contribution < 1.29 is 5.11 Å². The first-order chi connectivity index (χ1) is 6.65. The minimum Gasteiger partial charge on any atom is -0.393 e. The Morgan fingerprint density at radius 2 is 1.50 bits per heavy atom. The first-order valence-electron chi connectivity index (χ1n) is 6.19. The molecule has 4 bridgehead atoms. The van der Waals surface area contributed by atoms with Crippen molar-refractivity contribution in [2.75, 3.05) is 0 Å². The molecule has 4 saturated carbocycles. The average molecular weight is 193 g/mol. The molecular weight excluding hydrogens is 172 g/mol. The minimum absolute atomic E-state index is 0.203. The van der Waals surface area contributed by atoms with Gasteiger partial charge in [0.2, 0.25) is 0 Å². The van der Waals surface area contributed by atoms with Crippen molar-refractivity contribution in [1.29, 1.82) is 0 Å². The second-order valence-corrected chi connectivity index (χ2v) is 6.19. The normalized spacial score (nSPS) is 52.3. The van der Waals surface area contributed by atoms with E-state index in [1.165, 1.54) is 38.5 Å². The van der Waals surface area contributed by atoms with Crippen molar-refractivity contribution in [1.82, 2.24) is 0 Å². The van der Waals surface area contributed by atoms with Crippen LogP contribution in [0.25, 0.3) is 0 Å². The molecule has 0 spiro atoms. The third kappa shape index (κ3) is 1.41. The molecule has 79 valence electrons. The van der Waals surface area contributed by atoms with Crippen LogP contribution in [0.1, 0.15) is 45.4 Å². The van der Waals surface area contributed by atoms with E-state index in [-0.39, 0.29) is 6.10 Å². The van der Waals surface area contributed by atoms with E-state index in [4.69, 9.17) is 0 Å². The number of rotatable bonds is 2. The van der Waals surface area contributed by atoms with Gasteiger partial charge in [-0.15, -0.1) is 0 Å². The topological polar surface area (TPSA) is 20.2 Å². The van der Waals surface area contributed by atoms with Gasteiger partial charge in [0, 0.05) is 0 Å². The van der Waals surface area contributed by atoms with Gasteiger partial charge in [-0.1, -0.05) is 0 Å². The van der Waals surface area contributed by atoms with Crippen LogP contribution in [0, 0.1) is 29.6 Å². The molecule has 0 aromatic rings. The predicted molar refractivity (Wildman–Crippen MR) is 56.6 cm³/mol. The Morgan fingerprint density at radius 1 is 1.07 bits per heavy atom. The lowest BCUT2D eigenvalue weighted by Gasteiger charge is -2.57. The molecule has 14 heavy (non-hydrogen) atoms. The Labute approximate surface area is 86.9 Å². The fraction of sp³-hybridized carbons (Fsp3) is 0.923. The summed E-state index contributed by atoms with van der Waals surface area (Å²) < 4.78 is 0. The van der Waals surface area contributed by atoms with Crippen LogP contribution >= 0.6 is 0 Å². The number of hydrogen-bond donors (Lipinski definition) is 1. The summed E-state index contributed by atoms with van der Waals surface area (Å²) in [4.78, 5) is 0. The summed E-state index contributed by atoms with van der Waals surface area (Å²) in [7, 11) is 0. The van der Waals surface area contributed by atoms with E-state index in [9.17, 15) is 5.11 Å². The predicted octanol–water partition coefficient (Wildman–Crippen LogP) is 2.79. The summed E-state index contributed by atoms with van der Waals surface area (Å²) in [6.45, 7) is 1.92. The van der Waals surface area contributed by atoms with Crippen LogP contribution in [0.2, 0.25) is 0 Å². The standard InChI is InChI=1S/C13H21O/c1-9(14)5-13-6-10-2-11(7-13)4-12(3-10)8-13/h5,9-12,14H,2-4,6-8H2,1H3. The highest BCUT2D eigenvalue weighted by Crippen LogP contribution is 2.61. The molecule has 0 heterocycles. The van der Waals surface area contributed by atoms with Crippen molar-refractivity contribution in [3.63, 3.8) is 0 Å². The quantitative estimate of drug-likeness (QED) is 0.715. The first kappa shape index (κ1) is 9.21. The Hall–Kier alpha value is -0.0400. The van der Waals surface area contributed by atoms with Gasteiger partial charge in [-0.05, 0) is 75.0 Å². The zero-order valence-corrected chi connectivity index (χ0v) is 9.08. The van der Waals surface area contributed by atoms with Gasteiger partial charge in [0.15, 0.2) is 0 Å². The molecule has 1 atom stereocenters. The first-order valence-corrected chi connectivity index (χ1v) is 6.19. The van der Waals surface area contributed by atoms with Crippen LogP contribution in [-0.2, 0) is 0 Å². The van der Waals surface area contributed by atoms with Crippen LogP contribution in [0.4, 0.5) is 0 Å². The molecule has 1 nitrogen and oxygen atoms in total. The molecule has 0 aromatic heterocycles. The molecule has 4 aliphatic carbocycles. The average Bonchev–Trinajstić information content (AvgIpc) is 1.96. The number of aliphatic hydroxyl groups is 1. The van der Waals surface area contributed by atoms with E-state index in [0.717, 1.165) is 17.8 Å². The smallest absolute Gasteiger partial charge is 0.0549 e. The summed E-state index contributed by atoms with van der Waals surface area (Å²) >= 11 is 0. The van der Waals surface area contributed by atoms with Crippen LogP contribution in [0.3, 0.4) is 0 Å². The maximum absolute atomic E-state index is 9.56. The van der Waals surface area contributed by atoms with Crippen molar-refractivity contribution in [3.8, 4) is 0 Å². The van der Waals surface area contributed by atoms with Gasteiger partial charge in [-0.25, -0.2) is 0 Å². The Bertz CT molecular complexity index is 190. The van der Waals surface area contributed by atoms with Gasteiger partial charge in [-0.3, -0.25) is 0 Å². The van der Waals surface area contributed by atoms with Gasteiger partial charge < -0.3 is 5.11 Å². The zero-order valence-electron chi connectivity index (χ0n) is 9.08. The van der Waals surface area contributed by atoms with E-state index < -0.39 is 0 Å². The van der Waals surface area contributed by atoms with Gasteiger partial charge >= 0.3 is 0 Å². The number of aliphatic hydroxyl groups excluding tert-OH is 1. The van der Waals surface area contributed by atoms with Gasteiger partial charge in [0.05, 0.1) is 6.10 Å². The highest BCUT2D eigenvalue weighted by atomic mass is 16.3. The molecule has 1 heteroatoms. The summed E-state index contributed by atoms with van der Waals surface area (Å²) in [6.07, 6.45) is 10.7. The Morgan fingerprint density at radius 3 is 1.86 bits per heavy atom. The fourth-order valence-corrected chi connectivity index (χ4v) is 4.89. The molecule has 1 unspecified atom stereocenters. The van der Waals surface area contributed by atoms with Crippen molar-refractivity contribution >= 4 is 0 Å². The van der Waals surface area contributed by atoms with Crippen molar-refractivity contribution in [2.45, 2.75) is 51.6 Å². The SMILES string of the molecule is CC(O)[CH]C12CC3CC(CC(C3)C1)C2. The van der Waals surface area contributed by atoms with E-state index in [2.05, 4.69) is 6.42 Å². The van der Waals surface area contributed by atoms with Crippen LogP contribution < -0.4 is 0 Å². The maximum atomic E-state index is 9.56. The molecule has 0 saturated heterocycles. The van der Waals surface area contributed by atoms with E-state index in [1.54, 1.807) is 0 Å². The second-order valence-electron chi connectivity index (χ2n) is 6.19. The lowest BCUT2D eigenvalue weighted by Crippen LogP contribution is -2.47. The molecule has 4 fully saturated rings. The molecule has 0 aromatic carbocycles. The lowest BCUT2D eigenvalue weighted by molar-refractivity contribution is -0.0431. The summed E-state index contributed by atoms with van der Waals surface area (Å²) in [5.74, 6) is 2.99. The maximum Gasteiger partial charge on any atom is 0.0549 e. The van der Waals surface area contributed by atoms with Crippen LogP contribution in [0.15, 0.2) is 0 Å². The van der Waals surface area contributed by atoms with E-state index >= 15 is 0 Å². The van der Waals surface area contributed by atoms with Gasteiger partial charge in [0.1, 0.15) is 0 Å². The van der Waals surface area contributed by atoms with Crippen molar-refractivity contribution in [3.05, 3.63) is 6.42 Å². The molecule has 1 N–H and O–H groups in total. The molecule has 4 aliphatic rings. The molecular formula is C13H21O. The summed E-state index contributed by atoms with van der Waals surface area (Å²) in [5.41, 5.74) is 0.447. The van der Waals surface area contributed by atoms with E-state index in [1.807, 2.05) is 6.92 Å². The van der Waals surface area contributed by atoms with Gasteiger partial charge in [-0.2, -0.15) is 0 Å². The van der Waals surface area contributed by atoms with Gasteiger partial charge in [0.25, 0.3) is 0 Å². The summed E-state index contributed by atoms with van der Waals surface area (Å²) in [6, 6.07) is 0. The Balaban J connectivity index is 1.80. The molecule has 4 rings (SSSR count). The summed E-state index contributed by atoms with van der Waals surface area (Å²) in [5, 5.41) is 9.56. The molecule has 0 aliphatic heterocycles. The third-order valence-corrected chi connectivity index (χ3v) is 4.68. The van der Waals surface area contributed by atoms with Crippen LogP contribution in [0.5, 0.6) is 0 Å². The molecule has 1 radical (unpaired) electrons. The number of hydrogen-bond acceptors (Lipinski definition) is 1. The zero-order chi connectivity index (χ0) is 9.76. The highest BCUT2D eigenvalue weighted by molar-refractivity contribution is 5.08. The second kappa shape index (κ2) is 2.98. The highest BCUT2D eigenvalue weighted by Gasteiger charge is 2.50. The van der Waals surface area contributed by atoms with E-state index in [0.29, 0.717) is 5.41 Å². The van der Waals surface area contributed by atoms with Crippen molar-refractivity contribution in [2.24, 2.45) is 23.2 Å². The minimum atomic E-state index is -0.203. The fourth-order valence-electron chi connectivity index (χ4n) is 4.89. The lowest BCUT2D eigenvalue weighted by atomic mass is 9.48.